The zero-order valence-corrected chi connectivity index (χ0v) is 11.8. The van der Waals surface area contributed by atoms with Crippen molar-refractivity contribution in [2.75, 3.05) is 0 Å². The van der Waals surface area contributed by atoms with Crippen molar-refractivity contribution in [2.45, 2.75) is 18.2 Å². The molecule has 2 aromatic rings. The third-order valence-corrected chi connectivity index (χ3v) is 2.86. The summed E-state index contributed by atoms with van der Waals surface area (Å²) < 4.78 is 80.9. The topological polar surface area (TPSA) is 38.9 Å². The van der Waals surface area contributed by atoms with Gasteiger partial charge in [-0.05, 0) is 29.8 Å². The van der Waals surface area contributed by atoms with E-state index >= 15 is 0 Å². The SMILES string of the molecule is FC(F)(F)c1cc(C=Cc2noc(CCl)n2)cc(C(F)(F)F)c1. The summed E-state index contributed by atoms with van der Waals surface area (Å²) in [5.74, 6) is -0.0132. The minimum Gasteiger partial charge on any atom is -0.338 e. The van der Waals surface area contributed by atoms with Gasteiger partial charge in [0.1, 0.15) is 5.88 Å². The maximum absolute atomic E-state index is 12.7. The van der Waals surface area contributed by atoms with Crippen molar-refractivity contribution in [1.29, 1.82) is 0 Å². The van der Waals surface area contributed by atoms with E-state index in [1.807, 2.05) is 0 Å². The molecular weight excluding hydrogens is 350 g/mol. The Hall–Kier alpha value is -2.03. The Morgan fingerprint density at radius 2 is 1.52 bits per heavy atom. The first kappa shape index (κ1) is 17.3. The summed E-state index contributed by atoms with van der Waals surface area (Å²) in [6.07, 6.45) is -7.66. The van der Waals surface area contributed by atoms with Crippen LogP contribution >= 0.6 is 11.6 Å². The average Bonchev–Trinajstić information content (AvgIpc) is 2.91. The van der Waals surface area contributed by atoms with Crippen LogP contribution in [0.4, 0.5) is 26.3 Å². The molecule has 0 radical (unpaired) electrons. The normalized spacial score (nSPS) is 13.0. The Labute approximate surface area is 130 Å². The molecule has 0 unspecified atom stereocenters. The lowest BCUT2D eigenvalue weighted by Crippen LogP contribution is -2.11. The van der Waals surface area contributed by atoms with E-state index in [-0.39, 0.29) is 29.2 Å². The molecule has 0 fully saturated rings. The molecule has 1 aromatic heterocycles. The highest BCUT2D eigenvalue weighted by atomic mass is 35.5. The van der Waals surface area contributed by atoms with E-state index < -0.39 is 23.5 Å². The summed E-state index contributed by atoms with van der Waals surface area (Å²) in [6.45, 7) is 0. The van der Waals surface area contributed by atoms with E-state index in [4.69, 9.17) is 11.6 Å². The number of alkyl halides is 7. The zero-order chi connectivity index (χ0) is 17.3. The zero-order valence-electron chi connectivity index (χ0n) is 11.0. The molecule has 10 heteroatoms. The van der Waals surface area contributed by atoms with Crippen molar-refractivity contribution >= 4 is 23.8 Å². The molecule has 0 saturated heterocycles. The van der Waals surface area contributed by atoms with Gasteiger partial charge in [-0.2, -0.15) is 31.3 Å². The molecule has 0 aliphatic rings. The standard InChI is InChI=1S/C13H7ClF6N2O/c14-6-11-21-10(22-23-11)2-1-7-3-8(12(15,16)17)5-9(4-7)13(18,19)20/h1-5H,6H2. The van der Waals surface area contributed by atoms with Crippen LogP contribution in [-0.2, 0) is 18.2 Å². The fourth-order valence-electron chi connectivity index (χ4n) is 1.64. The number of aromatic nitrogens is 2. The molecule has 0 aliphatic carbocycles. The van der Waals surface area contributed by atoms with Crippen molar-refractivity contribution < 1.29 is 30.9 Å². The van der Waals surface area contributed by atoms with Crippen LogP contribution in [0.1, 0.15) is 28.4 Å². The summed E-state index contributed by atoms with van der Waals surface area (Å²) >= 11 is 5.43. The van der Waals surface area contributed by atoms with Gasteiger partial charge in [-0.25, -0.2) is 0 Å². The third kappa shape index (κ3) is 4.47. The molecule has 23 heavy (non-hydrogen) atoms. The second-order valence-electron chi connectivity index (χ2n) is 4.35. The number of hydrogen-bond donors (Lipinski definition) is 0. The van der Waals surface area contributed by atoms with Crippen LogP contribution in [0.5, 0.6) is 0 Å². The summed E-state index contributed by atoms with van der Waals surface area (Å²) in [7, 11) is 0. The van der Waals surface area contributed by atoms with Crippen molar-refractivity contribution in [3.63, 3.8) is 0 Å². The van der Waals surface area contributed by atoms with Gasteiger partial charge < -0.3 is 4.52 Å². The minimum absolute atomic E-state index is 0.0216. The fraction of sp³-hybridized carbons (Fsp3) is 0.231. The summed E-state index contributed by atoms with van der Waals surface area (Å²) in [5, 5.41) is 3.44. The van der Waals surface area contributed by atoms with Crippen LogP contribution in [0.15, 0.2) is 22.7 Å². The molecule has 1 aromatic carbocycles. The Bertz CT molecular complexity index is 688. The molecule has 0 amide bonds. The van der Waals surface area contributed by atoms with E-state index in [1.54, 1.807) is 0 Å². The van der Waals surface area contributed by atoms with Gasteiger partial charge in [-0.1, -0.05) is 11.2 Å². The highest BCUT2D eigenvalue weighted by molar-refractivity contribution is 6.16. The van der Waals surface area contributed by atoms with Crippen LogP contribution in [-0.4, -0.2) is 10.1 Å². The second-order valence-corrected chi connectivity index (χ2v) is 4.62. The van der Waals surface area contributed by atoms with E-state index in [0.29, 0.717) is 12.1 Å². The van der Waals surface area contributed by atoms with E-state index in [2.05, 4.69) is 14.7 Å². The second kappa shape index (κ2) is 6.23. The monoisotopic (exact) mass is 356 g/mol. The predicted octanol–water partition coefficient (Wildman–Crippen LogP) is 5.02. The van der Waals surface area contributed by atoms with Gasteiger partial charge in [0.15, 0.2) is 5.82 Å². The largest absolute Gasteiger partial charge is 0.416 e. The minimum atomic E-state index is -4.90. The molecule has 0 atom stereocenters. The Morgan fingerprint density at radius 3 is 1.96 bits per heavy atom. The predicted molar refractivity (Wildman–Crippen MR) is 69.2 cm³/mol. The maximum atomic E-state index is 12.7. The van der Waals surface area contributed by atoms with E-state index in [9.17, 15) is 26.3 Å². The van der Waals surface area contributed by atoms with E-state index in [1.165, 1.54) is 0 Å². The van der Waals surface area contributed by atoms with Crippen molar-refractivity contribution in [1.82, 2.24) is 10.1 Å². The maximum Gasteiger partial charge on any atom is 0.416 e. The number of hydrogen-bond acceptors (Lipinski definition) is 3. The number of nitrogens with zero attached hydrogens (tertiary/aromatic N) is 2. The lowest BCUT2D eigenvalue weighted by molar-refractivity contribution is -0.143. The van der Waals surface area contributed by atoms with Gasteiger partial charge >= 0.3 is 12.4 Å². The molecule has 0 spiro atoms. The van der Waals surface area contributed by atoms with Crippen molar-refractivity contribution in [2.24, 2.45) is 0 Å². The Balaban J connectivity index is 2.40. The Kier molecular flexibility index (Phi) is 4.69. The highest BCUT2D eigenvalue weighted by Crippen LogP contribution is 2.36. The molecule has 2 rings (SSSR count). The summed E-state index contributed by atoms with van der Waals surface area (Å²) in [6, 6.07) is 1.24. The molecule has 124 valence electrons. The van der Waals surface area contributed by atoms with Crippen molar-refractivity contribution in [3.05, 3.63) is 46.6 Å². The molecule has 0 bridgehead atoms. The van der Waals surface area contributed by atoms with Gasteiger partial charge in [0.05, 0.1) is 11.1 Å². The van der Waals surface area contributed by atoms with Crippen LogP contribution in [0.25, 0.3) is 12.2 Å². The lowest BCUT2D eigenvalue weighted by atomic mass is 10.0. The van der Waals surface area contributed by atoms with E-state index in [0.717, 1.165) is 12.2 Å². The van der Waals surface area contributed by atoms with Crippen LogP contribution in [0, 0.1) is 0 Å². The van der Waals surface area contributed by atoms with Gasteiger partial charge in [0.2, 0.25) is 5.89 Å². The third-order valence-electron chi connectivity index (χ3n) is 2.63. The average molecular weight is 357 g/mol. The number of rotatable bonds is 3. The Morgan fingerprint density at radius 1 is 0.957 bits per heavy atom. The molecule has 0 saturated carbocycles. The first-order valence-corrected chi connectivity index (χ1v) is 6.49. The van der Waals surface area contributed by atoms with Gasteiger partial charge in [-0.15, -0.1) is 11.6 Å². The quantitative estimate of drug-likeness (QED) is 0.573. The number of halogens is 7. The van der Waals surface area contributed by atoms with Crippen LogP contribution < -0.4 is 0 Å². The van der Waals surface area contributed by atoms with Gasteiger partial charge in [0.25, 0.3) is 0 Å². The molecule has 0 N–H and O–H groups in total. The smallest absolute Gasteiger partial charge is 0.338 e. The summed E-state index contributed by atoms with van der Waals surface area (Å²) in [5.41, 5.74) is -3.10. The number of benzene rings is 1. The fourth-order valence-corrected chi connectivity index (χ4v) is 1.74. The van der Waals surface area contributed by atoms with Crippen LogP contribution in [0.3, 0.4) is 0 Å². The summed E-state index contributed by atoms with van der Waals surface area (Å²) in [4.78, 5) is 3.75. The van der Waals surface area contributed by atoms with Gasteiger partial charge in [-0.3, -0.25) is 0 Å². The molecular formula is C13H7ClF6N2O. The highest BCUT2D eigenvalue weighted by Gasteiger charge is 2.36. The van der Waals surface area contributed by atoms with Crippen molar-refractivity contribution in [3.8, 4) is 0 Å². The van der Waals surface area contributed by atoms with Crippen LogP contribution in [0.2, 0.25) is 0 Å². The molecule has 1 heterocycles. The van der Waals surface area contributed by atoms with Gasteiger partial charge in [0, 0.05) is 0 Å². The molecule has 3 nitrogen and oxygen atoms in total. The molecule has 0 aliphatic heterocycles. The lowest BCUT2D eigenvalue weighted by Gasteiger charge is -2.12. The first-order valence-electron chi connectivity index (χ1n) is 5.95. The first-order chi connectivity index (χ1) is 10.6.